The van der Waals surface area contributed by atoms with E-state index in [-0.39, 0.29) is 35.8 Å². The van der Waals surface area contributed by atoms with E-state index in [9.17, 15) is 9.18 Å². The number of carbonyl (C=O) groups is 1. The van der Waals surface area contributed by atoms with Crippen molar-refractivity contribution < 1.29 is 13.9 Å². The highest BCUT2D eigenvalue weighted by atomic mass is 19.1. The van der Waals surface area contributed by atoms with Gasteiger partial charge in [-0.25, -0.2) is 4.39 Å². The Balaban J connectivity index is 2.63. The van der Waals surface area contributed by atoms with E-state index >= 15 is 0 Å². The second kappa shape index (κ2) is 2.73. The van der Waals surface area contributed by atoms with Crippen LogP contribution < -0.4 is 10.5 Å². The van der Waals surface area contributed by atoms with Gasteiger partial charge in [-0.3, -0.25) is 4.79 Å². The third-order valence-electron chi connectivity index (χ3n) is 1.94. The lowest BCUT2D eigenvalue weighted by atomic mass is 10.0. The highest BCUT2D eigenvalue weighted by molar-refractivity contribution is 6.00. The number of nitrogens with two attached hydrogens (primary N) is 1. The van der Waals surface area contributed by atoms with Gasteiger partial charge in [0.05, 0.1) is 12.2 Å². The molecule has 0 bridgehead atoms. The van der Waals surface area contributed by atoms with Crippen molar-refractivity contribution in [2.24, 2.45) is 0 Å². The van der Waals surface area contributed by atoms with Crippen molar-refractivity contribution in [3.05, 3.63) is 23.5 Å². The first-order chi connectivity index (χ1) is 6.18. The van der Waals surface area contributed by atoms with E-state index in [2.05, 4.69) is 0 Å². The lowest BCUT2D eigenvalue weighted by Crippen LogP contribution is -2.16. The summed E-state index contributed by atoms with van der Waals surface area (Å²) in [6, 6.07) is 2.59. The van der Waals surface area contributed by atoms with Crippen LogP contribution in [0.1, 0.15) is 16.8 Å². The molecule has 0 aromatic heterocycles. The Morgan fingerprint density at radius 3 is 3.00 bits per heavy atom. The van der Waals surface area contributed by atoms with Crippen molar-refractivity contribution in [1.29, 1.82) is 0 Å². The molecule has 0 spiro atoms. The van der Waals surface area contributed by atoms with Gasteiger partial charge in [0.15, 0.2) is 17.3 Å². The quantitative estimate of drug-likeness (QED) is 0.615. The number of anilines is 1. The number of Topliss-reactive ketones (excluding diaryl/α,β-unsaturated/α-hetero) is 1. The molecule has 1 aliphatic rings. The fourth-order valence-electron chi connectivity index (χ4n) is 1.35. The van der Waals surface area contributed by atoms with Crippen LogP contribution in [0.5, 0.6) is 5.75 Å². The summed E-state index contributed by atoms with van der Waals surface area (Å²) >= 11 is 0. The van der Waals surface area contributed by atoms with Crippen molar-refractivity contribution in [2.45, 2.75) is 6.42 Å². The molecule has 68 valence electrons. The number of ketones is 1. The fourth-order valence-corrected chi connectivity index (χ4v) is 1.35. The van der Waals surface area contributed by atoms with Crippen LogP contribution in [0.25, 0.3) is 0 Å². The van der Waals surface area contributed by atoms with E-state index in [1.54, 1.807) is 0 Å². The van der Waals surface area contributed by atoms with Gasteiger partial charge in [0, 0.05) is 18.2 Å². The summed E-state index contributed by atoms with van der Waals surface area (Å²) < 4.78 is 18.2. The average Bonchev–Trinajstić information content (AvgIpc) is 2.07. The van der Waals surface area contributed by atoms with Crippen LogP contribution in [0, 0.1) is 5.82 Å². The summed E-state index contributed by atoms with van der Waals surface area (Å²) in [5, 5.41) is 0. The van der Waals surface area contributed by atoms with Gasteiger partial charge in [-0.1, -0.05) is 0 Å². The third kappa shape index (κ3) is 1.24. The predicted octanol–water partition coefficient (Wildman–Crippen LogP) is 1.37. The number of hydrogen-bond donors (Lipinski definition) is 1. The normalized spacial score (nSPS) is 15.0. The summed E-state index contributed by atoms with van der Waals surface area (Å²) in [7, 11) is 0. The molecule has 0 saturated carbocycles. The minimum Gasteiger partial charge on any atom is -0.489 e. The summed E-state index contributed by atoms with van der Waals surface area (Å²) in [6.45, 7) is 0.243. The molecule has 3 nitrogen and oxygen atoms in total. The highest BCUT2D eigenvalue weighted by Crippen LogP contribution is 2.29. The molecule has 0 amide bonds. The summed E-state index contributed by atoms with van der Waals surface area (Å²) in [5.41, 5.74) is 5.90. The van der Waals surface area contributed by atoms with Crippen LogP contribution in [0.4, 0.5) is 10.1 Å². The maximum Gasteiger partial charge on any atom is 0.170 e. The second-order valence-corrected chi connectivity index (χ2v) is 2.90. The maximum absolute atomic E-state index is 13.1. The largest absolute Gasteiger partial charge is 0.489 e. The van der Waals surface area contributed by atoms with Crippen LogP contribution in [0.3, 0.4) is 0 Å². The zero-order valence-corrected chi connectivity index (χ0v) is 6.84. The number of fused-ring (bicyclic) bond motifs is 1. The SMILES string of the molecule is Nc1cc(F)c2c(c1)C(=O)CCO2. The Bertz CT molecular complexity index is 376. The van der Waals surface area contributed by atoms with Gasteiger partial charge in [-0.15, -0.1) is 0 Å². The number of carbonyl (C=O) groups excluding carboxylic acids is 1. The monoisotopic (exact) mass is 181 g/mol. The lowest BCUT2D eigenvalue weighted by molar-refractivity contribution is 0.0929. The molecule has 4 heteroatoms. The molecular weight excluding hydrogens is 173 g/mol. The molecule has 2 rings (SSSR count). The van der Waals surface area contributed by atoms with E-state index in [1.165, 1.54) is 6.07 Å². The van der Waals surface area contributed by atoms with Crippen molar-refractivity contribution in [3.63, 3.8) is 0 Å². The Morgan fingerprint density at radius 1 is 1.46 bits per heavy atom. The lowest BCUT2D eigenvalue weighted by Gasteiger charge is -2.16. The van der Waals surface area contributed by atoms with Crippen molar-refractivity contribution >= 4 is 11.5 Å². The van der Waals surface area contributed by atoms with Crippen LogP contribution in [0.2, 0.25) is 0 Å². The fraction of sp³-hybridized carbons (Fsp3) is 0.222. The molecule has 0 atom stereocenters. The molecule has 1 aliphatic heterocycles. The molecule has 0 aliphatic carbocycles. The summed E-state index contributed by atoms with van der Waals surface area (Å²) in [6.07, 6.45) is 0.288. The number of rotatable bonds is 0. The molecule has 1 aromatic rings. The second-order valence-electron chi connectivity index (χ2n) is 2.90. The molecule has 0 unspecified atom stereocenters. The molecule has 0 radical (unpaired) electrons. The molecule has 2 N–H and O–H groups in total. The number of benzene rings is 1. The highest BCUT2D eigenvalue weighted by Gasteiger charge is 2.22. The predicted molar refractivity (Wildman–Crippen MR) is 45.3 cm³/mol. The first-order valence-corrected chi connectivity index (χ1v) is 3.93. The van der Waals surface area contributed by atoms with Crippen LogP contribution in [0.15, 0.2) is 12.1 Å². The van der Waals surface area contributed by atoms with E-state index in [0.717, 1.165) is 6.07 Å². The maximum atomic E-state index is 13.1. The molecular formula is C9H8FNO2. The smallest absolute Gasteiger partial charge is 0.170 e. The number of ether oxygens (including phenoxy) is 1. The molecule has 1 heterocycles. The van der Waals surface area contributed by atoms with Crippen molar-refractivity contribution in [1.82, 2.24) is 0 Å². The van der Waals surface area contributed by atoms with Gasteiger partial charge >= 0.3 is 0 Å². The van der Waals surface area contributed by atoms with Gasteiger partial charge < -0.3 is 10.5 Å². The zero-order valence-electron chi connectivity index (χ0n) is 6.84. The van der Waals surface area contributed by atoms with E-state index in [1.807, 2.05) is 0 Å². The van der Waals surface area contributed by atoms with Gasteiger partial charge in [0.2, 0.25) is 0 Å². The molecule has 13 heavy (non-hydrogen) atoms. The molecule has 0 fully saturated rings. The minimum atomic E-state index is -0.567. The zero-order chi connectivity index (χ0) is 9.42. The molecule has 1 aromatic carbocycles. The third-order valence-corrected chi connectivity index (χ3v) is 1.94. The van der Waals surface area contributed by atoms with Crippen LogP contribution in [-0.2, 0) is 0 Å². The van der Waals surface area contributed by atoms with Crippen molar-refractivity contribution in [3.8, 4) is 5.75 Å². The average molecular weight is 181 g/mol. The van der Waals surface area contributed by atoms with Gasteiger partial charge in [0.1, 0.15) is 0 Å². The van der Waals surface area contributed by atoms with E-state index in [0.29, 0.717) is 0 Å². The van der Waals surface area contributed by atoms with Gasteiger partial charge in [0.25, 0.3) is 0 Å². The Kier molecular flexibility index (Phi) is 1.69. The number of nitrogen functional groups attached to an aromatic ring is 1. The first kappa shape index (κ1) is 8.04. The van der Waals surface area contributed by atoms with Crippen molar-refractivity contribution in [2.75, 3.05) is 12.3 Å². The Hall–Kier alpha value is -1.58. The summed E-state index contributed by atoms with van der Waals surface area (Å²) in [4.78, 5) is 11.3. The topological polar surface area (TPSA) is 52.3 Å². The summed E-state index contributed by atoms with van der Waals surface area (Å²) in [5.74, 6) is -0.652. The molecule has 0 saturated heterocycles. The van der Waals surface area contributed by atoms with E-state index < -0.39 is 5.82 Å². The minimum absolute atomic E-state index is 0.0328. The standard InChI is InChI=1S/C9H8FNO2/c10-7-4-5(11)3-6-8(12)1-2-13-9(6)7/h3-4H,1-2,11H2. The van der Waals surface area contributed by atoms with Crippen LogP contribution >= 0.6 is 0 Å². The Labute approximate surface area is 74.3 Å². The first-order valence-electron chi connectivity index (χ1n) is 3.93. The number of hydrogen-bond acceptors (Lipinski definition) is 3. The number of halogens is 1. The van der Waals surface area contributed by atoms with Gasteiger partial charge in [-0.2, -0.15) is 0 Å². The van der Waals surface area contributed by atoms with Gasteiger partial charge in [-0.05, 0) is 6.07 Å². The Morgan fingerprint density at radius 2 is 2.23 bits per heavy atom. The van der Waals surface area contributed by atoms with Crippen LogP contribution in [-0.4, -0.2) is 12.4 Å². The van der Waals surface area contributed by atoms with E-state index in [4.69, 9.17) is 10.5 Å².